The van der Waals surface area contributed by atoms with Crippen LogP contribution in [-0.4, -0.2) is 18.8 Å². The molecular weight excluding hydrogens is 223 g/mol. The minimum atomic E-state index is -0.542. The van der Waals surface area contributed by atoms with E-state index in [0.717, 1.165) is 5.56 Å². The molecule has 1 aromatic rings. The first-order chi connectivity index (χ1) is 6.67. The van der Waals surface area contributed by atoms with Crippen molar-refractivity contribution in [2.45, 2.75) is 11.8 Å². The molecule has 1 atom stereocenters. The summed E-state index contributed by atoms with van der Waals surface area (Å²) in [6.45, 7) is 0. The largest absolute Gasteiger partial charge is 0.497 e. The lowest BCUT2D eigenvalue weighted by Crippen LogP contribution is -2.04. The van der Waals surface area contributed by atoms with E-state index in [-0.39, 0.29) is 0 Å². The number of halogens is 2. The van der Waals surface area contributed by atoms with Crippen LogP contribution in [0.25, 0.3) is 0 Å². The van der Waals surface area contributed by atoms with Gasteiger partial charge < -0.3 is 9.53 Å². The molecule has 0 aliphatic rings. The summed E-state index contributed by atoms with van der Waals surface area (Å²) in [6, 6.07) is 5.27. The quantitative estimate of drug-likeness (QED) is 0.590. The maximum atomic E-state index is 10.4. The normalized spacial score (nSPS) is 12.2. The number of rotatable bonds is 4. The average molecular weight is 233 g/mol. The van der Waals surface area contributed by atoms with Crippen LogP contribution in [0.1, 0.15) is 5.56 Å². The van der Waals surface area contributed by atoms with E-state index in [1.54, 1.807) is 25.3 Å². The number of hydrogen-bond donors (Lipinski definition) is 0. The maximum absolute atomic E-state index is 10.4. The molecule has 0 aliphatic carbocycles. The summed E-state index contributed by atoms with van der Waals surface area (Å²) in [7, 11) is 1.57. The summed E-state index contributed by atoms with van der Waals surface area (Å²) in [5.41, 5.74) is 0.818. The Morgan fingerprint density at radius 1 is 1.57 bits per heavy atom. The van der Waals surface area contributed by atoms with Crippen LogP contribution in [0, 0.1) is 0 Å². The van der Waals surface area contributed by atoms with Crippen LogP contribution >= 0.6 is 23.2 Å². The zero-order valence-electron chi connectivity index (χ0n) is 7.67. The number of carbonyl (C=O) groups excluding carboxylic acids is 1. The van der Waals surface area contributed by atoms with Crippen LogP contribution in [0.2, 0.25) is 5.02 Å². The molecule has 0 bridgehead atoms. The smallest absolute Gasteiger partial charge is 0.138 e. The number of hydrogen-bond acceptors (Lipinski definition) is 2. The highest BCUT2D eigenvalue weighted by Gasteiger charge is 2.08. The van der Waals surface area contributed by atoms with Crippen molar-refractivity contribution in [1.82, 2.24) is 0 Å². The van der Waals surface area contributed by atoms with Gasteiger partial charge in [-0.25, -0.2) is 0 Å². The number of methoxy groups -OCH3 is 1. The number of alkyl halides is 1. The van der Waals surface area contributed by atoms with Gasteiger partial charge in [-0.05, 0) is 30.2 Å². The Bertz CT molecular complexity index is 326. The first kappa shape index (κ1) is 11.3. The molecule has 1 rings (SSSR count). The minimum Gasteiger partial charge on any atom is -0.497 e. The topological polar surface area (TPSA) is 26.3 Å². The Hall–Kier alpha value is -0.730. The summed E-state index contributed by atoms with van der Waals surface area (Å²) in [5.74, 6) is 0.708. The van der Waals surface area contributed by atoms with E-state index in [0.29, 0.717) is 23.5 Å². The summed E-state index contributed by atoms with van der Waals surface area (Å²) in [5, 5.41) is 0.0536. The second kappa shape index (κ2) is 5.23. The van der Waals surface area contributed by atoms with E-state index in [2.05, 4.69) is 0 Å². The van der Waals surface area contributed by atoms with Crippen molar-refractivity contribution in [2.24, 2.45) is 0 Å². The molecule has 14 heavy (non-hydrogen) atoms. The predicted octanol–water partition coefficient (Wildman–Crippen LogP) is 2.70. The van der Waals surface area contributed by atoms with Crippen LogP contribution in [-0.2, 0) is 11.2 Å². The lowest BCUT2D eigenvalue weighted by atomic mass is 10.1. The van der Waals surface area contributed by atoms with Gasteiger partial charge in [0.25, 0.3) is 0 Å². The Morgan fingerprint density at radius 3 is 2.86 bits per heavy atom. The first-order valence-corrected chi connectivity index (χ1v) is 4.90. The molecule has 0 spiro atoms. The van der Waals surface area contributed by atoms with E-state index >= 15 is 0 Å². The fourth-order valence-electron chi connectivity index (χ4n) is 1.09. The molecule has 0 saturated carbocycles. The second-order valence-corrected chi connectivity index (χ2v) is 3.78. The molecule has 0 N–H and O–H groups in total. The first-order valence-electron chi connectivity index (χ1n) is 4.09. The van der Waals surface area contributed by atoms with Crippen LogP contribution in [0.5, 0.6) is 5.75 Å². The second-order valence-electron chi connectivity index (χ2n) is 2.81. The van der Waals surface area contributed by atoms with E-state index in [1.807, 2.05) is 0 Å². The van der Waals surface area contributed by atoms with Crippen LogP contribution in [0.15, 0.2) is 18.2 Å². The fourth-order valence-corrected chi connectivity index (χ4v) is 1.45. The third-order valence-electron chi connectivity index (χ3n) is 1.82. The van der Waals surface area contributed by atoms with Crippen molar-refractivity contribution in [1.29, 1.82) is 0 Å². The fraction of sp³-hybridized carbons (Fsp3) is 0.300. The van der Waals surface area contributed by atoms with Crippen LogP contribution < -0.4 is 4.74 Å². The molecule has 0 heterocycles. The molecule has 4 heteroatoms. The summed E-state index contributed by atoms with van der Waals surface area (Å²) in [6.07, 6.45) is 1.11. The molecular formula is C10H10Cl2O2. The van der Waals surface area contributed by atoms with Gasteiger partial charge in [0.15, 0.2) is 0 Å². The van der Waals surface area contributed by atoms with Gasteiger partial charge in [0, 0.05) is 5.02 Å². The van der Waals surface area contributed by atoms with Gasteiger partial charge >= 0.3 is 0 Å². The number of aldehydes is 1. The molecule has 0 saturated heterocycles. The summed E-state index contributed by atoms with van der Waals surface area (Å²) >= 11 is 11.6. The van der Waals surface area contributed by atoms with Gasteiger partial charge in [-0.1, -0.05) is 11.6 Å². The van der Waals surface area contributed by atoms with E-state index in [1.165, 1.54) is 0 Å². The molecule has 0 aliphatic heterocycles. The minimum absolute atomic E-state index is 0.418. The highest BCUT2D eigenvalue weighted by molar-refractivity contribution is 6.32. The van der Waals surface area contributed by atoms with Crippen molar-refractivity contribution in [3.8, 4) is 5.75 Å². The van der Waals surface area contributed by atoms with Crippen molar-refractivity contribution in [3.63, 3.8) is 0 Å². The van der Waals surface area contributed by atoms with E-state index in [9.17, 15) is 4.79 Å². The van der Waals surface area contributed by atoms with Crippen molar-refractivity contribution in [3.05, 3.63) is 28.8 Å². The highest BCUT2D eigenvalue weighted by atomic mass is 35.5. The zero-order valence-corrected chi connectivity index (χ0v) is 9.18. The van der Waals surface area contributed by atoms with Gasteiger partial charge in [-0.2, -0.15) is 0 Å². The summed E-state index contributed by atoms with van der Waals surface area (Å²) < 4.78 is 5.03. The Kier molecular flexibility index (Phi) is 4.23. The monoisotopic (exact) mass is 232 g/mol. The van der Waals surface area contributed by atoms with Gasteiger partial charge in [-0.3, -0.25) is 0 Å². The molecule has 1 unspecified atom stereocenters. The van der Waals surface area contributed by atoms with Crippen LogP contribution in [0.3, 0.4) is 0 Å². The van der Waals surface area contributed by atoms with Gasteiger partial charge in [0.1, 0.15) is 12.0 Å². The van der Waals surface area contributed by atoms with Crippen molar-refractivity contribution >= 4 is 29.5 Å². The molecule has 0 fully saturated rings. The number of ether oxygens (including phenoxy) is 1. The van der Waals surface area contributed by atoms with E-state index in [4.69, 9.17) is 27.9 Å². The third kappa shape index (κ3) is 2.89. The molecule has 0 radical (unpaired) electrons. The number of carbonyl (C=O) groups is 1. The Labute approximate surface area is 92.8 Å². The molecule has 76 valence electrons. The average Bonchev–Trinajstić information content (AvgIpc) is 2.21. The predicted molar refractivity (Wildman–Crippen MR) is 57.4 cm³/mol. The molecule has 0 aromatic heterocycles. The number of benzene rings is 1. The molecule has 0 amide bonds. The third-order valence-corrected chi connectivity index (χ3v) is 2.44. The Balaban J connectivity index is 2.88. The SMILES string of the molecule is COc1ccc(Cl)c(CC(Cl)C=O)c1. The van der Waals surface area contributed by atoms with Gasteiger partial charge in [0.05, 0.1) is 12.5 Å². The highest BCUT2D eigenvalue weighted by Crippen LogP contribution is 2.23. The Morgan fingerprint density at radius 2 is 2.29 bits per heavy atom. The van der Waals surface area contributed by atoms with Gasteiger partial charge in [-0.15, -0.1) is 11.6 Å². The maximum Gasteiger partial charge on any atom is 0.138 e. The molecule has 2 nitrogen and oxygen atoms in total. The standard InChI is InChI=1S/C10H10Cl2O2/c1-14-9-2-3-10(12)7(5-9)4-8(11)6-13/h2-3,5-6,8H,4H2,1H3. The lowest BCUT2D eigenvalue weighted by Gasteiger charge is -2.07. The zero-order chi connectivity index (χ0) is 10.6. The van der Waals surface area contributed by atoms with E-state index < -0.39 is 5.38 Å². The van der Waals surface area contributed by atoms with Gasteiger partial charge in [0.2, 0.25) is 0 Å². The van der Waals surface area contributed by atoms with Crippen LogP contribution in [0.4, 0.5) is 0 Å². The van der Waals surface area contributed by atoms with Crippen molar-refractivity contribution in [2.75, 3.05) is 7.11 Å². The lowest BCUT2D eigenvalue weighted by molar-refractivity contribution is -0.107. The summed E-state index contributed by atoms with van der Waals surface area (Å²) in [4.78, 5) is 10.4. The van der Waals surface area contributed by atoms with Crippen molar-refractivity contribution < 1.29 is 9.53 Å². The molecule has 1 aromatic carbocycles.